The van der Waals surface area contributed by atoms with E-state index in [0.29, 0.717) is 0 Å². The summed E-state index contributed by atoms with van der Waals surface area (Å²) in [6.07, 6.45) is -0.144. The van der Waals surface area contributed by atoms with Crippen molar-refractivity contribution >= 4 is 29.3 Å². The van der Waals surface area contributed by atoms with Crippen molar-refractivity contribution in [2.24, 2.45) is 5.73 Å². The zero-order valence-electron chi connectivity index (χ0n) is 15.9. The number of hydrogen-bond donors (Lipinski definition) is 7. The van der Waals surface area contributed by atoms with E-state index < -0.39 is 59.2 Å². The quantitative estimate of drug-likeness (QED) is 0.146. The molecule has 180 valence electrons. The van der Waals surface area contributed by atoms with Gasteiger partial charge in [-0.1, -0.05) is 5.92 Å². The molecule has 2 rings (SSSR count). The standard InChI is InChI=1S/C12H19N4O13P3/c1-3-12(14)9(17)8(26-10(12)16-5-4-7(13)15-11(16)18)6(2)27-31(22,23)29-32(24,25)28-30(19,20)21/h1,4-6,8-10,17H,14H2,2H3,(H,22,23)(H,24,25)(H2,13,15,18)(H2,19,20,21)/t6-,8+,9?,10+,12?/m0/s1. The highest BCUT2D eigenvalue weighted by molar-refractivity contribution is 7.66. The van der Waals surface area contributed by atoms with Crippen molar-refractivity contribution in [1.82, 2.24) is 9.55 Å². The van der Waals surface area contributed by atoms with Gasteiger partial charge in [-0.15, -0.1) is 6.42 Å². The minimum absolute atomic E-state index is 0.134. The average molecular weight is 520 g/mol. The summed E-state index contributed by atoms with van der Waals surface area (Å²) in [6, 6.07) is 1.21. The smallest absolute Gasteiger partial charge is 0.387 e. The number of anilines is 1. The molecule has 0 aromatic carbocycles. The van der Waals surface area contributed by atoms with Gasteiger partial charge < -0.3 is 40.9 Å². The maximum Gasteiger partial charge on any atom is 0.490 e. The predicted molar refractivity (Wildman–Crippen MR) is 103 cm³/mol. The Labute approximate surface area is 179 Å². The zero-order valence-corrected chi connectivity index (χ0v) is 18.6. The van der Waals surface area contributed by atoms with Crippen LogP contribution in [0.1, 0.15) is 13.2 Å². The molecule has 17 nitrogen and oxygen atoms in total. The molecule has 1 aliphatic heterocycles. The lowest BCUT2D eigenvalue weighted by Crippen LogP contribution is -2.55. The van der Waals surface area contributed by atoms with Crippen molar-refractivity contribution in [3.63, 3.8) is 0 Å². The Bertz CT molecular complexity index is 1110. The van der Waals surface area contributed by atoms with E-state index in [1.165, 1.54) is 6.07 Å². The van der Waals surface area contributed by atoms with Crippen molar-refractivity contribution in [1.29, 1.82) is 0 Å². The molecule has 0 bridgehead atoms. The number of aliphatic hydroxyl groups excluding tert-OH is 1. The molecule has 1 aromatic heterocycles. The number of aromatic nitrogens is 2. The fourth-order valence-electron chi connectivity index (χ4n) is 2.75. The van der Waals surface area contributed by atoms with Crippen molar-refractivity contribution in [2.75, 3.05) is 5.73 Å². The summed E-state index contributed by atoms with van der Waals surface area (Å²) >= 11 is 0. The summed E-state index contributed by atoms with van der Waals surface area (Å²) in [6.45, 7) is 1.04. The topological polar surface area (TPSA) is 276 Å². The molecule has 4 unspecified atom stereocenters. The summed E-state index contributed by atoms with van der Waals surface area (Å²) in [4.78, 5) is 51.5. The molecule has 1 fully saturated rings. The molecule has 0 saturated carbocycles. The number of terminal acetylenes is 1. The summed E-state index contributed by atoms with van der Waals surface area (Å²) < 4.78 is 52.2. The van der Waals surface area contributed by atoms with Crippen LogP contribution in [-0.4, -0.2) is 58.1 Å². The molecule has 32 heavy (non-hydrogen) atoms. The number of phosphoric ester groups is 1. The van der Waals surface area contributed by atoms with Crippen LogP contribution in [0, 0.1) is 12.3 Å². The third-order valence-electron chi connectivity index (χ3n) is 4.03. The first-order valence-corrected chi connectivity index (χ1v) is 12.7. The lowest BCUT2D eigenvalue weighted by atomic mass is 9.90. The lowest BCUT2D eigenvalue weighted by molar-refractivity contribution is -0.0754. The highest BCUT2D eigenvalue weighted by Gasteiger charge is 2.57. The number of aliphatic hydroxyl groups is 1. The molecule has 2 heterocycles. The number of phosphoric acid groups is 3. The van der Waals surface area contributed by atoms with Gasteiger partial charge in [0.2, 0.25) is 0 Å². The van der Waals surface area contributed by atoms with Crippen LogP contribution in [0.4, 0.5) is 5.82 Å². The molecule has 20 heteroatoms. The van der Waals surface area contributed by atoms with Crippen LogP contribution in [0.15, 0.2) is 17.1 Å². The van der Waals surface area contributed by atoms with Gasteiger partial charge in [0.15, 0.2) is 11.8 Å². The maximum absolute atomic E-state index is 12.1. The van der Waals surface area contributed by atoms with E-state index in [1.54, 1.807) is 0 Å². The van der Waals surface area contributed by atoms with Gasteiger partial charge in [-0.2, -0.15) is 13.6 Å². The minimum Gasteiger partial charge on any atom is -0.387 e. The third-order valence-corrected chi connectivity index (χ3v) is 7.95. The van der Waals surface area contributed by atoms with E-state index in [1.807, 2.05) is 0 Å². The van der Waals surface area contributed by atoms with Gasteiger partial charge in [-0.05, 0) is 13.0 Å². The van der Waals surface area contributed by atoms with Crippen LogP contribution in [0.3, 0.4) is 0 Å². The Kier molecular flexibility index (Phi) is 7.58. The van der Waals surface area contributed by atoms with Crippen LogP contribution in [0.25, 0.3) is 0 Å². The highest BCUT2D eigenvalue weighted by atomic mass is 31.3. The van der Waals surface area contributed by atoms with Gasteiger partial charge >= 0.3 is 29.2 Å². The fraction of sp³-hybridized carbons (Fsp3) is 0.500. The summed E-state index contributed by atoms with van der Waals surface area (Å²) in [5.41, 5.74) is 8.38. The Hall–Kier alpha value is -1.47. The Morgan fingerprint density at radius 2 is 1.88 bits per heavy atom. The molecule has 1 aromatic rings. The molecule has 9 N–H and O–H groups in total. The van der Waals surface area contributed by atoms with Crippen molar-refractivity contribution in [2.45, 2.75) is 37.0 Å². The van der Waals surface area contributed by atoms with Gasteiger partial charge in [0.1, 0.15) is 18.0 Å². The van der Waals surface area contributed by atoms with Crippen LogP contribution < -0.4 is 17.2 Å². The number of nitrogens with two attached hydrogens (primary N) is 2. The number of nitrogens with zero attached hydrogens (tertiary/aromatic N) is 2. The molecule has 0 spiro atoms. The maximum atomic E-state index is 12.1. The second-order valence-electron chi connectivity index (χ2n) is 6.42. The number of ether oxygens (including phenoxy) is 1. The van der Waals surface area contributed by atoms with Crippen molar-refractivity contribution in [3.05, 3.63) is 22.7 Å². The third kappa shape index (κ3) is 6.10. The molecule has 0 radical (unpaired) electrons. The number of hydrogen-bond acceptors (Lipinski definition) is 12. The normalized spacial score (nSPS) is 30.8. The van der Waals surface area contributed by atoms with Crippen LogP contribution in [-0.2, 0) is 31.6 Å². The summed E-state index contributed by atoms with van der Waals surface area (Å²) in [7, 11) is -16.9. The van der Waals surface area contributed by atoms with Gasteiger partial charge in [0.05, 0.1) is 6.10 Å². The monoisotopic (exact) mass is 520 g/mol. The summed E-state index contributed by atoms with van der Waals surface area (Å²) in [5.74, 6) is 1.93. The first-order valence-electron chi connectivity index (χ1n) is 8.18. The zero-order chi connectivity index (χ0) is 24.7. The summed E-state index contributed by atoms with van der Waals surface area (Å²) in [5, 5.41) is 10.6. The number of rotatable bonds is 8. The Balaban J connectivity index is 2.27. The van der Waals surface area contributed by atoms with Gasteiger partial charge in [0, 0.05) is 6.20 Å². The second-order valence-corrected chi connectivity index (χ2v) is 10.8. The molecule has 0 amide bonds. The number of nitrogen functional groups attached to an aromatic ring is 1. The minimum atomic E-state index is -5.77. The Morgan fingerprint density at radius 3 is 2.38 bits per heavy atom. The van der Waals surface area contributed by atoms with E-state index >= 15 is 0 Å². The van der Waals surface area contributed by atoms with E-state index in [2.05, 4.69) is 24.0 Å². The van der Waals surface area contributed by atoms with Crippen LogP contribution in [0.5, 0.6) is 0 Å². The molecule has 7 atom stereocenters. The fourth-order valence-corrected chi connectivity index (χ4v) is 5.95. The van der Waals surface area contributed by atoms with E-state index in [9.17, 15) is 33.4 Å². The molecule has 0 aliphatic carbocycles. The molecule has 1 aliphatic rings. The van der Waals surface area contributed by atoms with Crippen molar-refractivity contribution in [3.8, 4) is 12.3 Å². The van der Waals surface area contributed by atoms with Crippen molar-refractivity contribution < 1.29 is 56.3 Å². The predicted octanol–water partition coefficient (Wildman–Crippen LogP) is -1.85. The van der Waals surface area contributed by atoms with E-state index in [4.69, 9.17) is 32.4 Å². The first-order chi connectivity index (χ1) is 14.4. The van der Waals surface area contributed by atoms with Crippen LogP contribution in [0.2, 0.25) is 0 Å². The molecule has 1 saturated heterocycles. The first kappa shape index (κ1) is 26.8. The van der Waals surface area contributed by atoms with Gasteiger partial charge in [-0.3, -0.25) is 9.09 Å². The molecular formula is C12H19N4O13P3. The van der Waals surface area contributed by atoms with E-state index in [0.717, 1.165) is 17.7 Å². The highest BCUT2D eigenvalue weighted by Crippen LogP contribution is 2.66. The van der Waals surface area contributed by atoms with Gasteiger partial charge in [0.25, 0.3) is 0 Å². The van der Waals surface area contributed by atoms with Crippen LogP contribution >= 0.6 is 23.5 Å². The largest absolute Gasteiger partial charge is 0.490 e. The Morgan fingerprint density at radius 1 is 1.28 bits per heavy atom. The van der Waals surface area contributed by atoms with Gasteiger partial charge in [-0.25, -0.2) is 18.5 Å². The lowest BCUT2D eigenvalue weighted by Gasteiger charge is -2.28. The molecular weight excluding hydrogens is 501 g/mol. The second kappa shape index (κ2) is 9.05. The average Bonchev–Trinajstić information content (AvgIpc) is 2.84. The van der Waals surface area contributed by atoms with E-state index in [-0.39, 0.29) is 5.82 Å². The SMILES string of the molecule is C#CC1(N)C(O)[C@@H]([C@H](C)OP(=O)(O)OP(=O)(O)OP(=O)(O)O)O[C@H]1n1ccc(N)nc1=O.